The fraction of sp³-hybridized carbons (Fsp3) is 0.600. The van der Waals surface area contributed by atoms with Gasteiger partial charge in [0.25, 0.3) is 0 Å². The second-order valence-electron chi connectivity index (χ2n) is 10.5. The van der Waals surface area contributed by atoms with Crippen molar-refractivity contribution in [1.82, 2.24) is 14.7 Å². The normalized spacial score (nSPS) is 17.2. The number of hydrogen-bond donors (Lipinski definition) is 0. The number of rotatable bonds is 18. The van der Waals surface area contributed by atoms with Crippen LogP contribution in [0.3, 0.4) is 0 Å². The molecule has 2 aromatic rings. The molecule has 5 heteroatoms. The molecule has 1 aliphatic carbocycles. The number of benzene rings is 2. The van der Waals surface area contributed by atoms with Crippen LogP contribution in [-0.2, 0) is 35.5 Å². The van der Waals surface area contributed by atoms with Crippen molar-refractivity contribution in [2.45, 2.75) is 45.2 Å². The average Bonchev–Trinajstić information content (AvgIpc) is 3.57. The third-order valence-electron chi connectivity index (χ3n) is 7.01. The van der Waals surface area contributed by atoms with Crippen LogP contribution in [0.1, 0.15) is 43.2 Å². The summed E-state index contributed by atoms with van der Waals surface area (Å²) in [6.07, 6.45) is 6.40. The van der Waals surface area contributed by atoms with Gasteiger partial charge in [-0.15, -0.1) is 13.1 Å². The van der Waals surface area contributed by atoms with Crippen molar-refractivity contribution in [2.24, 2.45) is 11.8 Å². The van der Waals surface area contributed by atoms with E-state index in [2.05, 4.69) is 96.5 Å². The molecular formula is C30H47N4Nb-. The van der Waals surface area contributed by atoms with Crippen LogP contribution >= 0.6 is 0 Å². The summed E-state index contributed by atoms with van der Waals surface area (Å²) in [5.41, 5.74) is 2.80. The van der Waals surface area contributed by atoms with E-state index in [1.54, 1.807) is 0 Å². The van der Waals surface area contributed by atoms with E-state index in [9.17, 15) is 0 Å². The topological polar surface area (TPSA) is 23.8 Å². The molecule has 3 rings (SSSR count). The predicted octanol–water partition coefficient (Wildman–Crippen LogP) is 5.75. The van der Waals surface area contributed by atoms with Gasteiger partial charge >= 0.3 is 0 Å². The van der Waals surface area contributed by atoms with Gasteiger partial charge < -0.3 is 20.0 Å². The van der Waals surface area contributed by atoms with Gasteiger partial charge in [0.15, 0.2) is 0 Å². The molecule has 35 heavy (non-hydrogen) atoms. The summed E-state index contributed by atoms with van der Waals surface area (Å²) < 4.78 is 0. The Bertz CT molecular complexity index is 772. The molecule has 2 atom stereocenters. The van der Waals surface area contributed by atoms with Gasteiger partial charge in [-0.2, -0.15) is 0 Å². The van der Waals surface area contributed by atoms with Gasteiger partial charge in [0, 0.05) is 42.0 Å². The first-order valence-corrected chi connectivity index (χ1v) is 13.4. The zero-order chi connectivity index (χ0) is 24.0. The Morgan fingerprint density at radius 3 is 1.69 bits per heavy atom. The first kappa shape index (κ1) is 30.2. The molecule has 1 saturated carbocycles. The van der Waals surface area contributed by atoms with E-state index in [-0.39, 0.29) is 22.4 Å². The molecule has 0 aliphatic heterocycles. The van der Waals surface area contributed by atoms with Gasteiger partial charge in [-0.05, 0) is 83.5 Å². The molecular weight excluding hydrogens is 509 g/mol. The van der Waals surface area contributed by atoms with E-state index in [1.165, 1.54) is 62.9 Å². The van der Waals surface area contributed by atoms with Crippen molar-refractivity contribution < 1.29 is 22.4 Å². The summed E-state index contributed by atoms with van der Waals surface area (Å²) in [7, 11) is 6.75. The predicted molar refractivity (Wildman–Crippen MR) is 146 cm³/mol. The minimum Gasteiger partial charge on any atom is -0.662 e. The largest absolute Gasteiger partial charge is 0.662 e. The van der Waals surface area contributed by atoms with Crippen molar-refractivity contribution in [1.29, 1.82) is 0 Å². The molecule has 1 fully saturated rings. The second kappa shape index (κ2) is 17.5. The van der Waals surface area contributed by atoms with Crippen molar-refractivity contribution in [2.75, 3.05) is 60.4 Å². The monoisotopic (exact) mass is 556 g/mol. The summed E-state index contributed by atoms with van der Waals surface area (Å²) in [5, 5.41) is 4.86. The molecule has 2 unspecified atom stereocenters. The first-order valence-electron chi connectivity index (χ1n) is 13.4. The maximum Gasteiger partial charge on any atom is 0.0230 e. The van der Waals surface area contributed by atoms with Gasteiger partial charge in [0.05, 0.1) is 0 Å². The Kier molecular flexibility index (Phi) is 15.1. The number of nitrogens with zero attached hydrogens (tertiary/aromatic N) is 4. The molecule has 193 valence electrons. The Balaban J connectivity index is 0.00000432. The van der Waals surface area contributed by atoms with Crippen LogP contribution in [0.2, 0.25) is 0 Å². The van der Waals surface area contributed by atoms with Gasteiger partial charge in [0.1, 0.15) is 0 Å². The van der Waals surface area contributed by atoms with E-state index >= 15 is 0 Å². The van der Waals surface area contributed by atoms with E-state index in [4.69, 9.17) is 5.32 Å². The van der Waals surface area contributed by atoms with Gasteiger partial charge in [-0.3, -0.25) is 0 Å². The fourth-order valence-corrected chi connectivity index (χ4v) is 4.82. The summed E-state index contributed by atoms with van der Waals surface area (Å²) >= 11 is 0. The molecule has 4 nitrogen and oxygen atoms in total. The Morgan fingerprint density at radius 1 is 0.657 bits per heavy atom. The van der Waals surface area contributed by atoms with Crippen molar-refractivity contribution in [3.8, 4) is 0 Å². The Morgan fingerprint density at radius 2 is 1.14 bits per heavy atom. The molecule has 0 bridgehead atoms. The van der Waals surface area contributed by atoms with E-state index in [0.717, 1.165) is 44.6 Å². The zero-order valence-corrected chi connectivity index (χ0v) is 24.6. The number of hydrogen-bond acceptors (Lipinski definition) is 3. The number of unbranched alkanes of at least 4 members (excludes halogenated alkanes) is 2. The maximum atomic E-state index is 4.86. The zero-order valence-electron chi connectivity index (χ0n) is 22.4. The van der Waals surface area contributed by atoms with Gasteiger partial charge in [0.2, 0.25) is 0 Å². The van der Waals surface area contributed by atoms with Crippen LogP contribution in [0.5, 0.6) is 0 Å². The third-order valence-corrected chi connectivity index (χ3v) is 7.01. The standard InChI is InChI=1S/C30H47N4.Nb/c1-32(24-27-14-6-4-7-15-27)19-11-10-18-31-23-29-22-30(29)26-34(3)21-13-12-20-33(2)25-28-16-8-5-9-17-28;/h4-9,14-17,29-30H,10-13,18-26H2,1-3H3;/q-1;. The average molecular weight is 557 g/mol. The van der Waals surface area contributed by atoms with Crippen LogP contribution in [0.15, 0.2) is 60.7 Å². The summed E-state index contributed by atoms with van der Waals surface area (Å²) in [6, 6.07) is 21.5. The molecule has 1 aliphatic rings. The Labute approximate surface area is 231 Å². The Hall–Kier alpha value is -0.980. The molecule has 1 radical (unpaired) electrons. The summed E-state index contributed by atoms with van der Waals surface area (Å²) in [5.74, 6) is 1.73. The molecule has 0 N–H and O–H groups in total. The first-order chi connectivity index (χ1) is 16.6. The van der Waals surface area contributed by atoms with E-state index in [1.807, 2.05) is 0 Å². The van der Waals surface area contributed by atoms with Crippen molar-refractivity contribution in [3.05, 3.63) is 77.1 Å². The van der Waals surface area contributed by atoms with E-state index in [0.29, 0.717) is 0 Å². The fourth-order valence-electron chi connectivity index (χ4n) is 4.82. The van der Waals surface area contributed by atoms with Gasteiger partial charge in [-0.25, -0.2) is 0 Å². The third kappa shape index (κ3) is 13.2. The minimum absolute atomic E-state index is 0. The molecule has 0 spiro atoms. The van der Waals surface area contributed by atoms with Crippen LogP contribution < -0.4 is 0 Å². The quantitative estimate of drug-likeness (QED) is 0.173. The minimum atomic E-state index is 0. The molecule has 0 aromatic heterocycles. The second-order valence-corrected chi connectivity index (χ2v) is 10.5. The maximum absolute atomic E-state index is 4.86. The van der Waals surface area contributed by atoms with Crippen LogP contribution in [0.25, 0.3) is 5.32 Å². The van der Waals surface area contributed by atoms with Crippen LogP contribution in [0, 0.1) is 11.8 Å². The summed E-state index contributed by atoms with van der Waals surface area (Å²) in [6.45, 7) is 9.02. The van der Waals surface area contributed by atoms with Gasteiger partial charge in [-0.1, -0.05) is 73.0 Å². The molecule has 0 heterocycles. The molecule has 0 saturated heterocycles. The van der Waals surface area contributed by atoms with Crippen LogP contribution in [-0.4, -0.2) is 75.1 Å². The molecule has 2 aromatic carbocycles. The molecule has 0 amide bonds. The van der Waals surface area contributed by atoms with Crippen molar-refractivity contribution in [3.63, 3.8) is 0 Å². The van der Waals surface area contributed by atoms with Crippen LogP contribution in [0.4, 0.5) is 0 Å². The summed E-state index contributed by atoms with van der Waals surface area (Å²) in [4.78, 5) is 7.41. The van der Waals surface area contributed by atoms with E-state index < -0.39 is 0 Å². The smallest absolute Gasteiger partial charge is 0.0230 e. The van der Waals surface area contributed by atoms with Crippen molar-refractivity contribution >= 4 is 0 Å². The SMILES string of the molecule is CN(CCCC[N-]CC1CC1CN(C)CCCCN(C)Cc1ccccc1)Cc1ccccc1.[Nb].